The first-order chi connectivity index (χ1) is 12.9. The van der Waals surface area contributed by atoms with Crippen molar-refractivity contribution in [3.8, 4) is 6.07 Å². The third-order valence-electron chi connectivity index (χ3n) is 4.77. The van der Waals surface area contributed by atoms with Crippen molar-refractivity contribution in [1.82, 2.24) is 9.62 Å². The molecule has 1 fully saturated rings. The zero-order valence-electron chi connectivity index (χ0n) is 15.0. The van der Waals surface area contributed by atoms with Gasteiger partial charge in [0.15, 0.2) is 0 Å². The van der Waals surface area contributed by atoms with E-state index < -0.39 is 10.0 Å². The molecule has 7 nitrogen and oxygen atoms in total. The number of carbonyl (C=O) groups is 1. The van der Waals surface area contributed by atoms with Crippen LogP contribution in [0.15, 0.2) is 52.0 Å². The number of nitrogens with one attached hydrogen (secondary N) is 1. The van der Waals surface area contributed by atoms with Gasteiger partial charge in [-0.3, -0.25) is 4.79 Å². The molecule has 0 aliphatic carbocycles. The van der Waals surface area contributed by atoms with Crippen LogP contribution in [0.3, 0.4) is 0 Å². The second-order valence-corrected chi connectivity index (χ2v) is 8.50. The zero-order valence-corrected chi connectivity index (χ0v) is 15.8. The minimum atomic E-state index is -3.62. The smallest absolute Gasteiger partial charge is 0.243 e. The molecule has 1 aromatic heterocycles. The molecular weight excluding hydrogens is 366 g/mol. The molecule has 0 spiro atoms. The highest BCUT2D eigenvalue weighted by Gasteiger charge is 2.32. The maximum atomic E-state index is 12.7. The molecule has 0 radical (unpaired) electrons. The Morgan fingerprint density at radius 1 is 1.26 bits per heavy atom. The highest BCUT2D eigenvalue weighted by atomic mass is 32.2. The van der Waals surface area contributed by atoms with Crippen LogP contribution in [0.25, 0.3) is 0 Å². The van der Waals surface area contributed by atoms with E-state index in [1.54, 1.807) is 18.4 Å². The van der Waals surface area contributed by atoms with E-state index in [-0.39, 0.29) is 35.9 Å². The molecule has 27 heavy (non-hydrogen) atoms. The molecular formula is C19H21N3O4S. The molecule has 1 amide bonds. The van der Waals surface area contributed by atoms with Crippen LogP contribution in [0.2, 0.25) is 0 Å². The first kappa shape index (κ1) is 19.1. The van der Waals surface area contributed by atoms with Crippen LogP contribution in [0, 0.1) is 17.2 Å². The van der Waals surface area contributed by atoms with Gasteiger partial charge in [0.25, 0.3) is 0 Å². The average Bonchev–Trinajstić information content (AvgIpc) is 3.23. The Balaban J connectivity index is 1.59. The number of hydrogen-bond acceptors (Lipinski definition) is 5. The Labute approximate surface area is 158 Å². The number of sulfonamides is 1. The minimum absolute atomic E-state index is 0.0886. The summed E-state index contributed by atoms with van der Waals surface area (Å²) in [7, 11) is -3.62. The number of nitriles is 1. The van der Waals surface area contributed by atoms with E-state index in [0.717, 1.165) is 0 Å². The van der Waals surface area contributed by atoms with Gasteiger partial charge in [-0.15, -0.1) is 0 Å². The summed E-state index contributed by atoms with van der Waals surface area (Å²) in [6.07, 6.45) is 2.49. The van der Waals surface area contributed by atoms with Gasteiger partial charge in [-0.1, -0.05) is 0 Å². The molecule has 142 valence electrons. The average molecular weight is 387 g/mol. The van der Waals surface area contributed by atoms with Crippen molar-refractivity contribution in [2.45, 2.75) is 30.7 Å². The molecule has 1 aliphatic rings. The van der Waals surface area contributed by atoms with Gasteiger partial charge in [0.2, 0.25) is 15.9 Å². The quantitative estimate of drug-likeness (QED) is 0.849. The Morgan fingerprint density at radius 2 is 1.93 bits per heavy atom. The van der Waals surface area contributed by atoms with Gasteiger partial charge in [-0.25, -0.2) is 8.42 Å². The van der Waals surface area contributed by atoms with Crippen molar-refractivity contribution in [3.63, 3.8) is 0 Å². The highest BCUT2D eigenvalue weighted by Crippen LogP contribution is 2.25. The van der Waals surface area contributed by atoms with Crippen molar-refractivity contribution in [3.05, 3.63) is 54.0 Å². The first-order valence-electron chi connectivity index (χ1n) is 8.76. The summed E-state index contributed by atoms with van der Waals surface area (Å²) in [6, 6.07) is 11.2. The number of rotatable bonds is 5. The predicted octanol–water partition coefficient (Wildman–Crippen LogP) is 2.43. The highest BCUT2D eigenvalue weighted by molar-refractivity contribution is 7.89. The van der Waals surface area contributed by atoms with Crippen molar-refractivity contribution in [1.29, 1.82) is 5.26 Å². The summed E-state index contributed by atoms with van der Waals surface area (Å²) in [6.45, 7) is 2.42. The predicted molar refractivity (Wildman–Crippen MR) is 97.9 cm³/mol. The summed E-state index contributed by atoms with van der Waals surface area (Å²) >= 11 is 0. The molecule has 2 aromatic rings. The fraction of sp³-hybridized carbons (Fsp3) is 0.368. The van der Waals surface area contributed by atoms with Crippen LogP contribution in [-0.4, -0.2) is 31.7 Å². The van der Waals surface area contributed by atoms with Gasteiger partial charge < -0.3 is 9.73 Å². The first-order valence-corrected chi connectivity index (χ1v) is 10.2. The lowest BCUT2D eigenvalue weighted by Crippen LogP contribution is -2.43. The maximum absolute atomic E-state index is 12.7. The van der Waals surface area contributed by atoms with E-state index in [1.165, 1.54) is 28.6 Å². The van der Waals surface area contributed by atoms with Crippen molar-refractivity contribution >= 4 is 15.9 Å². The standard InChI is InChI=1S/C19H21N3O4S/c1-14(18-3-2-12-26-18)21-19(23)16-8-10-22(11-9-16)27(24,25)17-6-4-15(13-20)5-7-17/h2-7,12,14,16H,8-11H2,1H3,(H,21,23)/t14-/m0/s1. The number of furan rings is 1. The SMILES string of the molecule is C[C@H](NC(=O)C1CCN(S(=O)(=O)c2ccc(C#N)cc2)CC1)c1ccco1. The molecule has 1 aliphatic heterocycles. The molecule has 2 heterocycles. The molecule has 0 bridgehead atoms. The number of carbonyl (C=O) groups excluding carboxylic acids is 1. The molecule has 1 N–H and O–H groups in total. The molecule has 1 saturated heterocycles. The summed E-state index contributed by atoms with van der Waals surface area (Å²) in [5, 5.41) is 11.7. The Hall–Kier alpha value is -2.63. The minimum Gasteiger partial charge on any atom is -0.467 e. The van der Waals surface area contributed by atoms with Crippen molar-refractivity contribution in [2.75, 3.05) is 13.1 Å². The third kappa shape index (κ3) is 4.21. The monoisotopic (exact) mass is 387 g/mol. The van der Waals surface area contributed by atoms with E-state index in [2.05, 4.69) is 5.32 Å². The molecule has 1 atom stereocenters. The fourth-order valence-corrected chi connectivity index (χ4v) is 4.62. The summed E-state index contributed by atoms with van der Waals surface area (Å²) in [4.78, 5) is 12.6. The summed E-state index contributed by atoms with van der Waals surface area (Å²) in [5.74, 6) is 0.369. The third-order valence-corrected chi connectivity index (χ3v) is 6.69. The largest absolute Gasteiger partial charge is 0.467 e. The van der Waals surface area contributed by atoms with Gasteiger partial charge in [-0.05, 0) is 56.2 Å². The number of nitrogens with zero attached hydrogens (tertiary/aromatic N) is 2. The number of piperidine rings is 1. The lowest BCUT2D eigenvalue weighted by atomic mass is 9.97. The lowest BCUT2D eigenvalue weighted by Gasteiger charge is -2.31. The maximum Gasteiger partial charge on any atom is 0.243 e. The van der Waals surface area contributed by atoms with Gasteiger partial charge in [0, 0.05) is 19.0 Å². The van der Waals surface area contributed by atoms with Crippen molar-refractivity contribution < 1.29 is 17.6 Å². The normalized spacial score (nSPS) is 17.2. The lowest BCUT2D eigenvalue weighted by molar-refractivity contribution is -0.126. The number of amides is 1. The van der Waals surface area contributed by atoms with Crippen LogP contribution in [0.4, 0.5) is 0 Å². The van der Waals surface area contributed by atoms with Crippen LogP contribution in [-0.2, 0) is 14.8 Å². The zero-order chi connectivity index (χ0) is 19.4. The fourth-order valence-electron chi connectivity index (χ4n) is 3.15. The van der Waals surface area contributed by atoms with Crippen LogP contribution >= 0.6 is 0 Å². The van der Waals surface area contributed by atoms with E-state index in [1.807, 2.05) is 13.0 Å². The second-order valence-electron chi connectivity index (χ2n) is 6.56. The Kier molecular flexibility index (Phi) is 5.63. The molecule has 0 unspecified atom stereocenters. The summed E-state index contributed by atoms with van der Waals surface area (Å²) in [5.41, 5.74) is 0.412. The van der Waals surface area contributed by atoms with Gasteiger partial charge in [-0.2, -0.15) is 9.57 Å². The van der Waals surface area contributed by atoms with E-state index in [0.29, 0.717) is 24.2 Å². The second kappa shape index (κ2) is 7.94. The molecule has 3 rings (SSSR count). The number of benzene rings is 1. The summed E-state index contributed by atoms with van der Waals surface area (Å²) < 4.78 is 32.1. The van der Waals surface area contributed by atoms with Crippen LogP contribution in [0.1, 0.15) is 37.1 Å². The van der Waals surface area contributed by atoms with Gasteiger partial charge >= 0.3 is 0 Å². The van der Waals surface area contributed by atoms with Gasteiger partial charge in [0.1, 0.15) is 5.76 Å². The van der Waals surface area contributed by atoms with E-state index in [4.69, 9.17) is 9.68 Å². The van der Waals surface area contributed by atoms with E-state index in [9.17, 15) is 13.2 Å². The molecule has 8 heteroatoms. The Morgan fingerprint density at radius 3 is 2.48 bits per heavy atom. The number of hydrogen-bond donors (Lipinski definition) is 1. The van der Waals surface area contributed by atoms with Crippen LogP contribution < -0.4 is 5.32 Å². The van der Waals surface area contributed by atoms with Crippen LogP contribution in [0.5, 0.6) is 0 Å². The Bertz CT molecular complexity index is 922. The molecule has 0 saturated carbocycles. The van der Waals surface area contributed by atoms with Gasteiger partial charge in [0.05, 0.1) is 28.8 Å². The van der Waals surface area contributed by atoms with E-state index >= 15 is 0 Å². The topological polar surface area (TPSA) is 103 Å². The molecule has 1 aromatic carbocycles. The van der Waals surface area contributed by atoms with Crippen molar-refractivity contribution in [2.24, 2.45) is 5.92 Å².